The quantitative estimate of drug-likeness (QED) is 0.101. The van der Waals surface area contributed by atoms with E-state index in [9.17, 15) is 14.9 Å². The van der Waals surface area contributed by atoms with Crippen molar-refractivity contribution in [3.8, 4) is 5.75 Å². The summed E-state index contributed by atoms with van der Waals surface area (Å²) < 4.78 is 14.1. The van der Waals surface area contributed by atoms with E-state index in [0.717, 1.165) is 32.1 Å². The van der Waals surface area contributed by atoms with Crippen LogP contribution in [0.4, 0.5) is 10.5 Å². The number of benzene rings is 3. The van der Waals surface area contributed by atoms with Crippen molar-refractivity contribution >= 4 is 39.3 Å². The number of carbonyl (C=O) groups is 1. The monoisotopic (exact) mass is 556 g/mol. The zero-order chi connectivity index (χ0) is 29.1. The maximum Gasteiger partial charge on any atom is 0.462 e. The Labute approximate surface area is 234 Å². The minimum atomic E-state index is -0.828. The number of oxime groups is 1. The van der Waals surface area contributed by atoms with E-state index in [4.69, 9.17) is 14.3 Å². The lowest BCUT2D eigenvalue weighted by Crippen LogP contribution is -2.18. The normalized spacial score (nSPS) is 12.5. The molecule has 41 heavy (non-hydrogen) atoms. The largest absolute Gasteiger partial charge is 0.488 e. The Morgan fingerprint density at radius 1 is 1.10 bits per heavy atom. The number of nitrogens with zero attached hydrogens (tertiary/aromatic N) is 6. The maximum absolute atomic E-state index is 12.6. The molecule has 0 aliphatic heterocycles. The number of rotatable bonds is 9. The Balaban J connectivity index is 1.64. The van der Waals surface area contributed by atoms with Crippen LogP contribution in [0.3, 0.4) is 0 Å². The smallest absolute Gasteiger partial charge is 0.462 e. The van der Waals surface area contributed by atoms with Crippen molar-refractivity contribution in [3.05, 3.63) is 93.8 Å². The van der Waals surface area contributed by atoms with Crippen molar-refractivity contribution in [1.82, 2.24) is 19.6 Å². The molecule has 5 aromatic rings. The Kier molecular flexibility index (Phi) is 7.74. The number of aromatic nitrogens is 4. The second kappa shape index (κ2) is 11.6. The van der Waals surface area contributed by atoms with Crippen LogP contribution >= 0.6 is 0 Å². The fourth-order valence-corrected chi connectivity index (χ4v) is 4.86. The first-order valence-corrected chi connectivity index (χ1v) is 12.9. The van der Waals surface area contributed by atoms with Gasteiger partial charge in [-0.05, 0) is 62.7 Å². The van der Waals surface area contributed by atoms with Crippen LogP contribution < -0.4 is 4.74 Å². The highest BCUT2D eigenvalue weighted by Crippen LogP contribution is 2.33. The van der Waals surface area contributed by atoms with Crippen LogP contribution in [0.25, 0.3) is 21.8 Å². The van der Waals surface area contributed by atoms with E-state index in [2.05, 4.69) is 20.0 Å². The van der Waals surface area contributed by atoms with E-state index in [-0.39, 0.29) is 11.8 Å². The zero-order valence-electron chi connectivity index (χ0n) is 23.0. The number of carbonyl (C=O) groups excluding carboxylic acids is 1. The number of methoxy groups -OCH3 is 1. The minimum absolute atomic E-state index is 0.00263. The van der Waals surface area contributed by atoms with E-state index >= 15 is 0 Å². The van der Waals surface area contributed by atoms with E-state index in [0.29, 0.717) is 35.7 Å². The van der Waals surface area contributed by atoms with Crippen LogP contribution in [0.1, 0.15) is 30.5 Å². The third kappa shape index (κ3) is 5.50. The minimum Gasteiger partial charge on any atom is -0.488 e. The van der Waals surface area contributed by atoms with Gasteiger partial charge in [0.15, 0.2) is 0 Å². The van der Waals surface area contributed by atoms with Gasteiger partial charge in [0.25, 0.3) is 5.69 Å². The molecule has 0 saturated heterocycles. The molecular weight excluding hydrogens is 528 g/mol. The molecule has 0 aliphatic carbocycles. The fraction of sp³-hybridized carbons (Fsp3) is 0.241. The first-order chi connectivity index (χ1) is 19.8. The molecule has 0 spiro atoms. The molecule has 0 fully saturated rings. The standard InChI is InChI=1S/C29H28N6O6/c1-5-33-26-10-6-20(15-24(26)25-16-21(35(37)38)7-11-27(25)33)28(31-41-29(36)34-13-12-30-32-34)23-9-8-22(14-18(23)2)40-19(3)17-39-4/h6-16,19H,5,17H2,1-4H3. The predicted octanol–water partition coefficient (Wildman–Crippen LogP) is 5.47. The summed E-state index contributed by atoms with van der Waals surface area (Å²) in [4.78, 5) is 29.0. The van der Waals surface area contributed by atoms with Gasteiger partial charge in [-0.15, -0.1) is 5.10 Å². The van der Waals surface area contributed by atoms with Crippen molar-refractivity contribution in [3.63, 3.8) is 0 Å². The number of hydrogen-bond donors (Lipinski definition) is 0. The highest BCUT2D eigenvalue weighted by molar-refractivity contribution is 6.17. The van der Waals surface area contributed by atoms with Crippen molar-refractivity contribution in [2.45, 2.75) is 33.4 Å². The Morgan fingerprint density at radius 3 is 2.51 bits per heavy atom. The summed E-state index contributed by atoms with van der Waals surface area (Å²) in [6.45, 7) is 6.95. The summed E-state index contributed by atoms with van der Waals surface area (Å²) >= 11 is 0. The average Bonchev–Trinajstić information content (AvgIpc) is 3.60. The zero-order valence-corrected chi connectivity index (χ0v) is 23.0. The van der Waals surface area contributed by atoms with Crippen LogP contribution in [-0.4, -0.2) is 56.1 Å². The van der Waals surface area contributed by atoms with Crippen LogP contribution in [0.15, 0.2) is 72.1 Å². The molecule has 5 rings (SSSR count). The number of nitro groups is 1. The second-order valence-electron chi connectivity index (χ2n) is 9.44. The van der Waals surface area contributed by atoms with Gasteiger partial charge in [0.2, 0.25) is 0 Å². The lowest BCUT2D eigenvalue weighted by molar-refractivity contribution is -0.384. The third-order valence-corrected chi connectivity index (χ3v) is 6.67. The van der Waals surface area contributed by atoms with Gasteiger partial charge in [0.1, 0.15) is 17.6 Å². The summed E-state index contributed by atoms with van der Waals surface area (Å²) in [6.07, 6.45) is 1.74. The number of aryl methyl sites for hydroxylation is 2. The number of fused-ring (bicyclic) bond motifs is 3. The van der Waals surface area contributed by atoms with Gasteiger partial charge in [0.05, 0.1) is 23.9 Å². The summed E-state index contributed by atoms with van der Waals surface area (Å²) in [5.74, 6) is 0.656. The average molecular weight is 557 g/mol. The summed E-state index contributed by atoms with van der Waals surface area (Å²) in [6, 6.07) is 16.1. The summed E-state index contributed by atoms with van der Waals surface area (Å²) in [5.41, 5.74) is 4.36. The number of non-ortho nitro benzene ring substituents is 1. The molecule has 0 N–H and O–H groups in total. The summed E-state index contributed by atoms with van der Waals surface area (Å²) in [7, 11) is 1.62. The topological polar surface area (TPSA) is 136 Å². The number of ether oxygens (including phenoxy) is 2. The molecule has 0 aliphatic rings. The molecule has 0 amide bonds. The molecule has 3 aromatic carbocycles. The first kappa shape index (κ1) is 27.5. The molecule has 2 aromatic heterocycles. The van der Waals surface area contributed by atoms with Gasteiger partial charge in [0, 0.05) is 58.7 Å². The molecule has 1 unspecified atom stereocenters. The van der Waals surface area contributed by atoms with Gasteiger partial charge in [-0.25, -0.2) is 4.79 Å². The van der Waals surface area contributed by atoms with Crippen molar-refractivity contribution in [2.75, 3.05) is 13.7 Å². The SMILES string of the molecule is CCn1c2ccc(C(=NOC(=O)n3ccnn3)c3ccc(OC(C)COC)cc3C)cc2c2cc([N+](=O)[O-])ccc21. The molecular formula is C29H28N6O6. The van der Waals surface area contributed by atoms with E-state index in [1.54, 1.807) is 19.2 Å². The molecule has 2 heterocycles. The Morgan fingerprint density at radius 2 is 1.85 bits per heavy atom. The van der Waals surface area contributed by atoms with Crippen LogP contribution in [0.2, 0.25) is 0 Å². The molecule has 0 saturated carbocycles. The van der Waals surface area contributed by atoms with Gasteiger partial charge in [-0.3, -0.25) is 15.0 Å². The highest BCUT2D eigenvalue weighted by Gasteiger charge is 2.19. The second-order valence-corrected chi connectivity index (χ2v) is 9.44. The van der Waals surface area contributed by atoms with Gasteiger partial charge in [-0.2, -0.15) is 4.68 Å². The van der Waals surface area contributed by atoms with Gasteiger partial charge >= 0.3 is 6.09 Å². The van der Waals surface area contributed by atoms with Gasteiger partial charge < -0.3 is 14.0 Å². The van der Waals surface area contributed by atoms with E-state index in [1.165, 1.54) is 18.5 Å². The Hall–Kier alpha value is -5.10. The molecule has 0 bridgehead atoms. The fourth-order valence-electron chi connectivity index (χ4n) is 4.86. The summed E-state index contributed by atoms with van der Waals surface area (Å²) in [5, 5.41) is 24.6. The van der Waals surface area contributed by atoms with Crippen molar-refractivity contribution in [2.24, 2.45) is 5.16 Å². The van der Waals surface area contributed by atoms with E-state index in [1.807, 2.05) is 57.2 Å². The molecule has 0 radical (unpaired) electrons. The molecule has 210 valence electrons. The highest BCUT2D eigenvalue weighted by atomic mass is 16.7. The number of nitro benzene ring substituents is 1. The maximum atomic E-state index is 12.6. The van der Waals surface area contributed by atoms with E-state index < -0.39 is 11.0 Å². The lowest BCUT2D eigenvalue weighted by atomic mass is 9.96. The number of hydrogen-bond acceptors (Lipinski definition) is 9. The van der Waals surface area contributed by atoms with Crippen LogP contribution in [0.5, 0.6) is 5.75 Å². The van der Waals surface area contributed by atoms with Crippen molar-refractivity contribution < 1.29 is 24.0 Å². The third-order valence-electron chi connectivity index (χ3n) is 6.67. The molecule has 12 heteroatoms. The van der Waals surface area contributed by atoms with Crippen LogP contribution in [0, 0.1) is 17.0 Å². The molecule has 12 nitrogen and oxygen atoms in total. The van der Waals surface area contributed by atoms with Crippen molar-refractivity contribution in [1.29, 1.82) is 0 Å². The van der Waals surface area contributed by atoms with Crippen LogP contribution in [-0.2, 0) is 16.1 Å². The lowest BCUT2D eigenvalue weighted by Gasteiger charge is -2.16. The predicted molar refractivity (Wildman–Crippen MR) is 152 cm³/mol. The molecule has 1 atom stereocenters. The Bertz CT molecular complexity index is 1780. The van der Waals surface area contributed by atoms with Gasteiger partial charge in [-0.1, -0.05) is 16.4 Å². The first-order valence-electron chi connectivity index (χ1n) is 12.9.